The maximum absolute atomic E-state index is 14.0. The fourth-order valence-electron chi connectivity index (χ4n) is 12.4. The van der Waals surface area contributed by atoms with Gasteiger partial charge in [-0.25, -0.2) is 9.59 Å². The van der Waals surface area contributed by atoms with E-state index in [1.54, 1.807) is 54.6 Å². The van der Waals surface area contributed by atoms with Crippen molar-refractivity contribution in [2.45, 2.75) is 119 Å². The van der Waals surface area contributed by atoms with Gasteiger partial charge in [-0.2, -0.15) is 0 Å². The fraction of sp³-hybridized carbons (Fsp3) is 0.636. The van der Waals surface area contributed by atoms with E-state index in [1.807, 2.05) is 19.9 Å². The molecule has 5 saturated heterocycles. The maximum atomic E-state index is 14.0. The number of fused-ring (bicyclic) bond motifs is 1. The van der Waals surface area contributed by atoms with Crippen LogP contribution in [0.1, 0.15) is 86.4 Å². The first-order valence-electron chi connectivity index (χ1n) is 20.4. The van der Waals surface area contributed by atoms with Crippen molar-refractivity contribution in [3.05, 3.63) is 83.9 Å². The van der Waals surface area contributed by atoms with Gasteiger partial charge < -0.3 is 39.4 Å². The van der Waals surface area contributed by atoms with Crippen LogP contribution in [0.15, 0.2) is 72.8 Å². The molecule has 0 radical (unpaired) electrons. The number of benzene rings is 2. The molecule has 4 N–H and O–H groups in total. The summed E-state index contributed by atoms with van der Waals surface area (Å²) in [6.45, 7) is 9.45. The number of esters is 2. The zero-order valence-electron chi connectivity index (χ0n) is 32.3. The predicted octanol–water partition coefficient (Wildman–Crippen LogP) is 4.53. The van der Waals surface area contributed by atoms with Crippen LogP contribution in [0, 0.1) is 41.4 Å². The monoisotopic (exact) mass is 774 g/mol. The number of rotatable bonds is 7. The van der Waals surface area contributed by atoms with Crippen molar-refractivity contribution < 1.29 is 58.4 Å². The molecule has 3 saturated carbocycles. The number of hydrogen-bond donors (Lipinski definition) is 4. The van der Waals surface area contributed by atoms with Crippen LogP contribution in [0.3, 0.4) is 0 Å². The van der Waals surface area contributed by atoms with E-state index < -0.39 is 107 Å². The molecule has 3 bridgehead atoms. The molecule has 8 aliphatic rings. The van der Waals surface area contributed by atoms with Crippen LogP contribution in [0.25, 0.3) is 0 Å². The highest BCUT2D eigenvalue weighted by Crippen LogP contribution is 2.78. The smallest absolute Gasteiger partial charge is 0.338 e. The lowest BCUT2D eigenvalue weighted by molar-refractivity contribution is -0.689. The van der Waals surface area contributed by atoms with Crippen LogP contribution in [-0.2, 0) is 28.4 Å². The van der Waals surface area contributed by atoms with Crippen LogP contribution >= 0.6 is 0 Å². The van der Waals surface area contributed by atoms with Crippen molar-refractivity contribution in [1.82, 2.24) is 0 Å². The topological polar surface area (TPSA) is 174 Å². The van der Waals surface area contributed by atoms with Gasteiger partial charge in [-0.3, -0.25) is 9.47 Å². The lowest BCUT2D eigenvalue weighted by atomic mass is 9.50. The molecule has 2 aromatic carbocycles. The fourth-order valence-corrected chi connectivity index (χ4v) is 12.4. The first-order chi connectivity index (χ1) is 26.8. The third-order valence-corrected chi connectivity index (χ3v) is 14.8. The van der Waals surface area contributed by atoms with Crippen LogP contribution < -0.4 is 0 Å². The highest BCUT2D eigenvalue weighted by Gasteiger charge is 2.94. The van der Waals surface area contributed by atoms with Crippen molar-refractivity contribution in [1.29, 1.82) is 0 Å². The largest absolute Gasteiger partial charge is 0.462 e. The van der Waals surface area contributed by atoms with Crippen molar-refractivity contribution >= 4 is 11.9 Å². The standard InChI is InChI=1S/C44H54O12/c1-24(2)30-21-29(22-51-37(47)27-16-10-7-11-17-27)42-33-32-25(3)15-9-5-6-14-20-31(46)44(54-42)55-43(30,56-44)34(42)36-40(23-45,53-36)39(49)41(33,50)35(26(32)4)52-38(48)28-18-12-8-13-19-28/h7-8,10-13,16-19,25-26,29-36,39,45-46,49-50H,1,5-6,9,14-15,20-23H2,2-4H3/t25-,26+,29+,30+,31-,32+,33-,34-,35+,36+,39-,40+,41-,42+,43?,44?/m1/s1. The van der Waals surface area contributed by atoms with Gasteiger partial charge in [0.15, 0.2) is 5.79 Å². The van der Waals surface area contributed by atoms with Crippen LogP contribution in [-0.4, -0.2) is 98.6 Å². The van der Waals surface area contributed by atoms with Crippen molar-refractivity contribution in [3.63, 3.8) is 0 Å². The number of hydrogen-bond acceptors (Lipinski definition) is 12. The summed E-state index contributed by atoms with van der Waals surface area (Å²) in [7, 11) is 0. The molecule has 0 aromatic heterocycles. The van der Waals surface area contributed by atoms with E-state index in [0.29, 0.717) is 18.4 Å². The minimum atomic E-state index is -2.27. The Morgan fingerprint density at radius 3 is 2.12 bits per heavy atom. The number of carbonyl (C=O) groups excluding carboxylic acids is 2. The molecule has 0 unspecified atom stereocenters. The quantitative estimate of drug-likeness (QED) is 0.176. The summed E-state index contributed by atoms with van der Waals surface area (Å²) < 4.78 is 40.2. The molecule has 5 heterocycles. The Morgan fingerprint density at radius 2 is 1.50 bits per heavy atom. The summed E-state index contributed by atoms with van der Waals surface area (Å²) >= 11 is 0. The zero-order chi connectivity index (χ0) is 39.4. The lowest BCUT2D eigenvalue weighted by Crippen LogP contribution is -2.89. The summed E-state index contributed by atoms with van der Waals surface area (Å²) in [4.78, 5) is 27.7. The molecule has 10 rings (SSSR count). The molecular weight excluding hydrogens is 720 g/mol. The molecule has 3 aliphatic carbocycles. The third-order valence-electron chi connectivity index (χ3n) is 14.8. The van der Waals surface area contributed by atoms with E-state index in [0.717, 1.165) is 31.3 Å². The number of ether oxygens (including phenoxy) is 6. The van der Waals surface area contributed by atoms with Gasteiger partial charge in [0.05, 0.1) is 35.9 Å². The number of carbonyl (C=O) groups is 2. The molecule has 8 fully saturated rings. The van der Waals surface area contributed by atoms with E-state index in [9.17, 15) is 30.0 Å². The van der Waals surface area contributed by atoms with E-state index in [2.05, 4.69) is 13.5 Å². The second-order valence-electron chi connectivity index (χ2n) is 17.8. The SMILES string of the molecule is C=C(C)[C@@H]1C[C@@H](COC(=O)c2ccccc2)[C@@]23OC45OC1(O4)[C@@H]2[C@@H]1O[C@]1(CO)[C@@H](O)[C@@]1(O)[C@H]3[C@H]([C@H](C)[C@@H]1OC(=O)c1ccccc1)[C@H](C)CCCCCC[C@H]5O. The van der Waals surface area contributed by atoms with Gasteiger partial charge in [0.1, 0.15) is 35.6 Å². The summed E-state index contributed by atoms with van der Waals surface area (Å²) in [5, 5.41) is 50.0. The van der Waals surface area contributed by atoms with Crippen molar-refractivity contribution in [2.24, 2.45) is 41.4 Å². The van der Waals surface area contributed by atoms with Gasteiger partial charge >= 0.3 is 17.9 Å². The van der Waals surface area contributed by atoms with E-state index in [4.69, 9.17) is 28.4 Å². The van der Waals surface area contributed by atoms with Gasteiger partial charge in [0.25, 0.3) is 0 Å². The van der Waals surface area contributed by atoms with E-state index in [-0.39, 0.29) is 24.5 Å². The number of aliphatic hydroxyl groups is 4. The minimum Gasteiger partial charge on any atom is -0.462 e. The van der Waals surface area contributed by atoms with Crippen LogP contribution in [0.2, 0.25) is 0 Å². The number of aliphatic hydroxyl groups excluding tert-OH is 3. The van der Waals surface area contributed by atoms with Gasteiger partial charge in [-0.15, -0.1) is 0 Å². The predicted molar refractivity (Wildman–Crippen MR) is 198 cm³/mol. The Hall–Kier alpha value is -3.20. The second-order valence-corrected chi connectivity index (χ2v) is 17.8. The highest BCUT2D eigenvalue weighted by molar-refractivity contribution is 5.90. The van der Waals surface area contributed by atoms with Gasteiger partial charge in [-0.1, -0.05) is 94.5 Å². The van der Waals surface area contributed by atoms with E-state index in [1.165, 1.54) is 0 Å². The Balaban J connectivity index is 1.28. The van der Waals surface area contributed by atoms with Crippen LogP contribution in [0.4, 0.5) is 0 Å². The van der Waals surface area contributed by atoms with Gasteiger partial charge in [0, 0.05) is 17.8 Å². The first-order valence-corrected chi connectivity index (χ1v) is 20.4. The average molecular weight is 775 g/mol. The Labute approximate surface area is 327 Å². The summed E-state index contributed by atoms with van der Waals surface area (Å²) in [6, 6.07) is 17.2. The second kappa shape index (κ2) is 13.4. The Kier molecular flexibility index (Phi) is 9.19. The summed E-state index contributed by atoms with van der Waals surface area (Å²) in [5.41, 5.74) is -4.22. The first kappa shape index (κ1) is 38.3. The minimum absolute atomic E-state index is 0.0859. The van der Waals surface area contributed by atoms with Crippen molar-refractivity contribution in [3.8, 4) is 0 Å². The van der Waals surface area contributed by atoms with Crippen LogP contribution in [0.5, 0.6) is 0 Å². The molecule has 12 nitrogen and oxygen atoms in total. The average Bonchev–Trinajstić information content (AvgIpc) is 3.88. The molecule has 56 heavy (non-hydrogen) atoms. The Morgan fingerprint density at radius 1 is 0.875 bits per heavy atom. The molecule has 0 amide bonds. The maximum Gasteiger partial charge on any atom is 0.338 e. The zero-order valence-corrected chi connectivity index (χ0v) is 32.3. The molecule has 14 atom stereocenters. The molecule has 12 heteroatoms. The Bertz CT molecular complexity index is 1850. The molecule has 302 valence electrons. The number of epoxide rings is 1. The summed E-state index contributed by atoms with van der Waals surface area (Å²) in [6.07, 6.45) is -0.553. The molecule has 3 spiro atoms. The molecular formula is C44H54O12. The van der Waals surface area contributed by atoms with Crippen molar-refractivity contribution in [2.75, 3.05) is 13.2 Å². The highest BCUT2D eigenvalue weighted by atomic mass is 17.0. The lowest BCUT2D eigenvalue weighted by Gasteiger charge is -2.76. The van der Waals surface area contributed by atoms with Gasteiger partial charge in [-0.05, 0) is 61.8 Å². The summed E-state index contributed by atoms with van der Waals surface area (Å²) in [5.74, 6) is -8.92. The molecule has 5 aliphatic heterocycles. The normalized spacial score (nSPS) is 47.3. The van der Waals surface area contributed by atoms with E-state index >= 15 is 0 Å². The molecule has 2 aromatic rings. The third kappa shape index (κ3) is 5.12. The van der Waals surface area contributed by atoms with Gasteiger partial charge in [0.2, 0.25) is 0 Å².